The minimum Gasteiger partial charge on any atom is -0.471 e. The number of anilines is 2. The maximum Gasteiger partial charge on any atom is 0.340 e. The molecule has 0 bridgehead atoms. The second kappa shape index (κ2) is 8.43. The summed E-state index contributed by atoms with van der Waals surface area (Å²) in [5.41, 5.74) is 1.19. The second-order valence-corrected chi connectivity index (χ2v) is 6.13. The molecule has 10 heteroatoms. The Morgan fingerprint density at radius 3 is 2.56 bits per heavy atom. The van der Waals surface area contributed by atoms with Gasteiger partial charge in [-0.15, -0.1) is 0 Å². The van der Waals surface area contributed by atoms with Crippen molar-refractivity contribution >= 4 is 28.9 Å². The summed E-state index contributed by atoms with van der Waals surface area (Å²) < 4.78 is 54.4. The zero-order chi connectivity index (χ0) is 20.2. The summed E-state index contributed by atoms with van der Waals surface area (Å²) in [5.74, 6) is -5.10. The summed E-state index contributed by atoms with van der Waals surface area (Å²) in [5, 5.41) is 3.12. The summed E-state index contributed by atoms with van der Waals surface area (Å²) in [7, 11) is 3.53. The molecular weight excluding hydrogens is 390 g/mol. The van der Waals surface area contributed by atoms with E-state index in [0.717, 1.165) is 12.3 Å². The maximum absolute atomic E-state index is 12.8. The topological polar surface area (TPSA) is 54.5 Å². The quantitative estimate of drug-likeness (QED) is 0.696. The van der Waals surface area contributed by atoms with Crippen LogP contribution in [0.5, 0.6) is 5.88 Å². The smallest absolute Gasteiger partial charge is 0.340 e. The minimum atomic E-state index is -4.28. The summed E-state index contributed by atoms with van der Waals surface area (Å²) in [6.07, 6.45) is -2.75. The molecule has 0 fully saturated rings. The SMILES string of the molecule is CN(C)c1c(Cl)cccc1NC(=O)c1ccc(OCC(F)(F)C(F)F)nc1. The van der Waals surface area contributed by atoms with E-state index < -0.39 is 24.9 Å². The number of amides is 1. The van der Waals surface area contributed by atoms with Gasteiger partial charge in [0.05, 0.1) is 22.0 Å². The number of pyridine rings is 1. The molecule has 0 saturated heterocycles. The number of ether oxygens (including phenoxy) is 1. The molecule has 1 N–H and O–H groups in total. The van der Waals surface area contributed by atoms with Crippen LogP contribution in [0.1, 0.15) is 10.4 Å². The number of carbonyl (C=O) groups excluding carboxylic acids is 1. The highest BCUT2D eigenvalue weighted by atomic mass is 35.5. The average Bonchev–Trinajstić information content (AvgIpc) is 2.60. The van der Waals surface area contributed by atoms with Gasteiger partial charge in [0.2, 0.25) is 5.88 Å². The molecule has 27 heavy (non-hydrogen) atoms. The van der Waals surface area contributed by atoms with Gasteiger partial charge in [-0.1, -0.05) is 17.7 Å². The van der Waals surface area contributed by atoms with Gasteiger partial charge in [0, 0.05) is 26.4 Å². The first-order valence-corrected chi connectivity index (χ1v) is 8.01. The van der Waals surface area contributed by atoms with E-state index >= 15 is 0 Å². The van der Waals surface area contributed by atoms with Crippen LogP contribution in [0.3, 0.4) is 0 Å². The summed E-state index contributed by atoms with van der Waals surface area (Å²) in [6.45, 7) is -1.52. The third-order valence-corrected chi connectivity index (χ3v) is 3.72. The largest absolute Gasteiger partial charge is 0.471 e. The molecule has 146 valence electrons. The number of hydrogen-bond acceptors (Lipinski definition) is 4. The van der Waals surface area contributed by atoms with Crippen LogP contribution in [-0.2, 0) is 0 Å². The van der Waals surface area contributed by atoms with Crippen LogP contribution >= 0.6 is 11.6 Å². The Labute approximate surface area is 157 Å². The highest BCUT2D eigenvalue weighted by Crippen LogP contribution is 2.32. The van der Waals surface area contributed by atoms with Crippen molar-refractivity contribution in [1.29, 1.82) is 0 Å². The Kier molecular flexibility index (Phi) is 6.48. The van der Waals surface area contributed by atoms with Crippen LogP contribution in [0.2, 0.25) is 5.02 Å². The standard InChI is InChI=1S/C17H16ClF4N3O2/c1-25(2)14-11(18)4-3-5-12(14)24-15(26)10-6-7-13(23-8-10)27-9-17(21,22)16(19)20/h3-8,16H,9H2,1-2H3,(H,24,26). The highest BCUT2D eigenvalue weighted by molar-refractivity contribution is 6.34. The molecule has 2 rings (SSSR count). The Balaban J connectivity index is 2.08. The lowest BCUT2D eigenvalue weighted by Crippen LogP contribution is -2.33. The van der Waals surface area contributed by atoms with Gasteiger partial charge in [0.1, 0.15) is 0 Å². The van der Waals surface area contributed by atoms with Crippen LogP contribution in [0.4, 0.5) is 28.9 Å². The molecule has 0 aliphatic rings. The Hall–Kier alpha value is -2.55. The lowest BCUT2D eigenvalue weighted by atomic mass is 10.2. The lowest BCUT2D eigenvalue weighted by molar-refractivity contribution is -0.148. The van der Waals surface area contributed by atoms with Gasteiger partial charge >= 0.3 is 12.3 Å². The van der Waals surface area contributed by atoms with E-state index in [9.17, 15) is 22.4 Å². The molecule has 1 heterocycles. The molecule has 2 aromatic rings. The van der Waals surface area contributed by atoms with Gasteiger partial charge in [-0.2, -0.15) is 8.78 Å². The number of rotatable bonds is 7. The molecule has 0 aliphatic carbocycles. The van der Waals surface area contributed by atoms with Crippen LogP contribution in [0, 0.1) is 0 Å². The molecule has 0 radical (unpaired) electrons. The number of hydrogen-bond donors (Lipinski definition) is 1. The number of carbonyl (C=O) groups is 1. The fourth-order valence-corrected chi connectivity index (χ4v) is 2.44. The van der Waals surface area contributed by atoms with E-state index in [0.29, 0.717) is 16.4 Å². The molecule has 0 unspecified atom stereocenters. The molecule has 1 aromatic heterocycles. The molecule has 0 spiro atoms. The number of alkyl halides is 4. The summed E-state index contributed by atoms with van der Waals surface area (Å²) in [6, 6.07) is 7.43. The van der Waals surface area contributed by atoms with Crippen molar-refractivity contribution in [3.63, 3.8) is 0 Å². The summed E-state index contributed by atoms with van der Waals surface area (Å²) >= 11 is 6.13. The zero-order valence-electron chi connectivity index (χ0n) is 14.3. The van der Waals surface area contributed by atoms with E-state index in [1.807, 2.05) is 0 Å². The number of benzene rings is 1. The molecule has 1 amide bonds. The third-order valence-electron chi connectivity index (χ3n) is 3.41. The van der Waals surface area contributed by atoms with Crippen molar-refractivity contribution in [2.24, 2.45) is 0 Å². The fraction of sp³-hybridized carbons (Fsp3) is 0.294. The first kappa shape index (κ1) is 20.8. The molecule has 0 atom stereocenters. The van der Waals surface area contributed by atoms with Crippen molar-refractivity contribution in [2.75, 3.05) is 30.9 Å². The van der Waals surface area contributed by atoms with Gasteiger partial charge in [-0.05, 0) is 18.2 Å². The van der Waals surface area contributed by atoms with E-state index in [4.69, 9.17) is 11.6 Å². The third kappa shape index (κ3) is 5.22. The van der Waals surface area contributed by atoms with Crippen molar-refractivity contribution in [2.45, 2.75) is 12.3 Å². The molecule has 5 nitrogen and oxygen atoms in total. The number of nitrogens with one attached hydrogen (secondary N) is 1. The average molecular weight is 406 g/mol. The van der Waals surface area contributed by atoms with Crippen molar-refractivity contribution in [3.05, 3.63) is 47.1 Å². The predicted molar refractivity (Wildman–Crippen MR) is 94.4 cm³/mol. The number of nitrogens with zero attached hydrogens (tertiary/aromatic N) is 2. The van der Waals surface area contributed by atoms with Gasteiger partial charge in [0.25, 0.3) is 5.91 Å². The zero-order valence-corrected chi connectivity index (χ0v) is 15.1. The van der Waals surface area contributed by atoms with Gasteiger partial charge in [-0.25, -0.2) is 13.8 Å². The number of para-hydroxylation sites is 1. The molecular formula is C17H16ClF4N3O2. The number of halogens is 5. The maximum atomic E-state index is 12.8. The predicted octanol–water partition coefficient (Wildman–Crippen LogP) is 4.33. The van der Waals surface area contributed by atoms with Crippen molar-refractivity contribution < 1.29 is 27.1 Å². The Morgan fingerprint density at radius 2 is 2.00 bits per heavy atom. The first-order chi connectivity index (χ1) is 12.6. The van der Waals surface area contributed by atoms with E-state index in [1.54, 1.807) is 37.2 Å². The minimum absolute atomic E-state index is 0.118. The lowest BCUT2D eigenvalue weighted by Gasteiger charge is -2.19. The monoisotopic (exact) mass is 405 g/mol. The van der Waals surface area contributed by atoms with E-state index in [2.05, 4.69) is 15.0 Å². The van der Waals surface area contributed by atoms with Crippen LogP contribution in [0.25, 0.3) is 0 Å². The van der Waals surface area contributed by atoms with E-state index in [-0.39, 0.29) is 11.4 Å². The fourth-order valence-electron chi connectivity index (χ4n) is 2.10. The Bertz CT molecular complexity index is 801. The van der Waals surface area contributed by atoms with Gasteiger partial charge in [-0.3, -0.25) is 4.79 Å². The number of aromatic nitrogens is 1. The van der Waals surface area contributed by atoms with Crippen LogP contribution in [-0.4, -0.2) is 43.9 Å². The first-order valence-electron chi connectivity index (χ1n) is 7.64. The normalized spacial score (nSPS) is 11.4. The van der Waals surface area contributed by atoms with Gasteiger partial charge < -0.3 is 15.0 Å². The molecule has 0 saturated carbocycles. The van der Waals surface area contributed by atoms with Crippen molar-refractivity contribution in [1.82, 2.24) is 4.98 Å². The van der Waals surface area contributed by atoms with Crippen molar-refractivity contribution in [3.8, 4) is 5.88 Å². The van der Waals surface area contributed by atoms with Crippen LogP contribution in [0.15, 0.2) is 36.5 Å². The molecule has 0 aliphatic heterocycles. The van der Waals surface area contributed by atoms with Crippen LogP contribution < -0.4 is 15.0 Å². The van der Waals surface area contributed by atoms with Gasteiger partial charge in [0.15, 0.2) is 6.61 Å². The van der Waals surface area contributed by atoms with E-state index in [1.165, 1.54) is 6.07 Å². The second-order valence-electron chi connectivity index (χ2n) is 5.72. The molecule has 1 aromatic carbocycles. The highest BCUT2D eigenvalue weighted by Gasteiger charge is 2.41. The Morgan fingerprint density at radius 1 is 1.30 bits per heavy atom. The summed E-state index contributed by atoms with van der Waals surface area (Å²) in [4.78, 5) is 17.8.